The maximum atomic E-state index is 13.9. The Labute approximate surface area is 166 Å². The standard InChI is InChI=1S/C19H21ClF2N2O4/c1-11(23-9-17(25)12-3-2-4-13(20)5-12)8-24-14-6-15(21)19(16(22)7-14)28-10-18(26)27/h2-7,11,17,23-25H,8-10H2,1H3,(H,26,27). The monoisotopic (exact) mass is 414 g/mol. The Morgan fingerprint density at radius 3 is 2.50 bits per heavy atom. The highest BCUT2D eigenvalue weighted by atomic mass is 35.5. The van der Waals surface area contributed by atoms with Crippen molar-refractivity contribution >= 4 is 23.3 Å². The summed E-state index contributed by atoms with van der Waals surface area (Å²) < 4.78 is 32.4. The average Bonchev–Trinajstić information content (AvgIpc) is 2.63. The molecule has 0 aliphatic heterocycles. The quantitative estimate of drug-likeness (QED) is 0.477. The highest BCUT2D eigenvalue weighted by molar-refractivity contribution is 6.30. The van der Waals surface area contributed by atoms with E-state index in [4.69, 9.17) is 16.7 Å². The molecule has 2 atom stereocenters. The summed E-state index contributed by atoms with van der Waals surface area (Å²) in [6.45, 7) is 1.61. The second-order valence-corrected chi connectivity index (χ2v) is 6.65. The van der Waals surface area contributed by atoms with Crippen molar-refractivity contribution in [2.24, 2.45) is 0 Å². The zero-order valence-electron chi connectivity index (χ0n) is 15.1. The fraction of sp³-hybridized carbons (Fsp3) is 0.316. The van der Waals surface area contributed by atoms with Crippen LogP contribution in [0, 0.1) is 11.6 Å². The number of halogens is 3. The van der Waals surface area contributed by atoms with Gasteiger partial charge in [-0.05, 0) is 24.6 Å². The first-order valence-electron chi connectivity index (χ1n) is 8.50. The Bertz CT molecular complexity index is 799. The lowest BCUT2D eigenvalue weighted by Gasteiger charge is -2.19. The van der Waals surface area contributed by atoms with Crippen molar-refractivity contribution in [1.29, 1.82) is 0 Å². The van der Waals surface area contributed by atoms with Crippen LogP contribution in [0.5, 0.6) is 5.75 Å². The summed E-state index contributed by atoms with van der Waals surface area (Å²) >= 11 is 5.90. The summed E-state index contributed by atoms with van der Waals surface area (Å²) in [5.41, 5.74) is 0.864. The van der Waals surface area contributed by atoms with Gasteiger partial charge in [-0.1, -0.05) is 23.7 Å². The van der Waals surface area contributed by atoms with Gasteiger partial charge in [-0.25, -0.2) is 13.6 Å². The topological polar surface area (TPSA) is 90.8 Å². The van der Waals surface area contributed by atoms with E-state index in [1.807, 2.05) is 6.92 Å². The first-order valence-corrected chi connectivity index (χ1v) is 8.88. The van der Waals surface area contributed by atoms with E-state index in [1.165, 1.54) is 0 Å². The smallest absolute Gasteiger partial charge is 0.341 e. The van der Waals surface area contributed by atoms with Gasteiger partial charge in [0.25, 0.3) is 0 Å². The molecule has 6 nitrogen and oxygen atoms in total. The van der Waals surface area contributed by atoms with Gasteiger partial charge in [0.05, 0.1) is 6.10 Å². The molecule has 2 aromatic rings. The van der Waals surface area contributed by atoms with Crippen molar-refractivity contribution in [2.75, 3.05) is 25.0 Å². The van der Waals surface area contributed by atoms with Crippen molar-refractivity contribution in [3.8, 4) is 5.75 Å². The number of rotatable bonds is 10. The molecule has 9 heteroatoms. The predicted octanol–water partition coefficient (Wildman–Crippen LogP) is 3.21. The molecule has 2 aromatic carbocycles. The van der Waals surface area contributed by atoms with Gasteiger partial charge in [0.1, 0.15) is 0 Å². The van der Waals surface area contributed by atoms with E-state index in [0.717, 1.165) is 12.1 Å². The van der Waals surface area contributed by atoms with Crippen molar-refractivity contribution in [2.45, 2.75) is 19.1 Å². The molecule has 152 valence electrons. The second-order valence-electron chi connectivity index (χ2n) is 6.21. The van der Waals surface area contributed by atoms with Crippen LogP contribution in [0.15, 0.2) is 36.4 Å². The summed E-state index contributed by atoms with van der Waals surface area (Å²) in [6.07, 6.45) is -0.748. The van der Waals surface area contributed by atoms with Crippen LogP contribution in [0.4, 0.5) is 14.5 Å². The van der Waals surface area contributed by atoms with Crippen LogP contribution in [-0.4, -0.2) is 41.9 Å². The van der Waals surface area contributed by atoms with E-state index in [2.05, 4.69) is 15.4 Å². The maximum Gasteiger partial charge on any atom is 0.341 e. The SMILES string of the molecule is CC(CNc1cc(F)c(OCC(=O)O)c(F)c1)NCC(O)c1cccc(Cl)c1. The third-order valence-electron chi connectivity index (χ3n) is 3.84. The van der Waals surface area contributed by atoms with Crippen LogP contribution in [0.2, 0.25) is 5.02 Å². The molecule has 0 spiro atoms. The van der Waals surface area contributed by atoms with Crippen molar-refractivity contribution in [1.82, 2.24) is 5.32 Å². The number of aliphatic hydroxyl groups is 1. The highest BCUT2D eigenvalue weighted by Gasteiger charge is 2.15. The number of aliphatic hydroxyl groups excluding tert-OH is 1. The van der Waals surface area contributed by atoms with Crippen LogP contribution < -0.4 is 15.4 Å². The minimum atomic E-state index is -1.33. The molecule has 0 bridgehead atoms. The third-order valence-corrected chi connectivity index (χ3v) is 4.08. The lowest BCUT2D eigenvalue weighted by molar-refractivity contribution is -0.139. The van der Waals surface area contributed by atoms with Crippen molar-refractivity contribution in [3.63, 3.8) is 0 Å². The number of anilines is 1. The number of hydrogen-bond donors (Lipinski definition) is 4. The molecule has 2 rings (SSSR count). The lowest BCUT2D eigenvalue weighted by Crippen LogP contribution is -2.35. The molecule has 0 aromatic heterocycles. The number of carbonyl (C=O) groups is 1. The number of hydrogen-bond acceptors (Lipinski definition) is 5. The molecule has 28 heavy (non-hydrogen) atoms. The predicted molar refractivity (Wildman–Crippen MR) is 102 cm³/mol. The highest BCUT2D eigenvalue weighted by Crippen LogP contribution is 2.25. The molecule has 2 unspecified atom stereocenters. The molecule has 0 amide bonds. The Kier molecular flexibility index (Phi) is 7.98. The van der Waals surface area contributed by atoms with Crippen LogP contribution in [-0.2, 0) is 4.79 Å². The molecule has 0 aliphatic rings. The molecular formula is C19H21ClF2N2O4. The Balaban J connectivity index is 1.85. The van der Waals surface area contributed by atoms with Gasteiger partial charge < -0.3 is 25.6 Å². The van der Waals surface area contributed by atoms with Crippen LogP contribution >= 0.6 is 11.6 Å². The van der Waals surface area contributed by atoms with E-state index in [9.17, 15) is 18.7 Å². The number of nitrogens with one attached hydrogen (secondary N) is 2. The Morgan fingerprint density at radius 1 is 1.21 bits per heavy atom. The summed E-state index contributed by atoms with van der Waals surface area (Å²) in [5, 5.41) is 25.2. The molecule has 0 saturated carbocycles. The van der Waals surface area contributed by atoms with Crippen LogP contribution in [0.3, 0.4) is 0 Å². The molecule has 4 N–H and O–H groups in total. The van der Waals surface area contributed by atoms with Gasteiger partial charge in [-0.15, -0.1) is 0 Å². The number of carboxylic acids is 1. The fourth-order valence-corrected chi connectivity index (χ4v) is 2.62. The zero-order chi connectivity index (χ0) is 20.7. The summed E-state index contributed by atoms with van der Waals surface area (Å²) in [6, 6.07) is 8.83. The number of benzene rings is 2. The van der Waals surface area contributed by atoms with Gasteiger partial charge in [-0.2, -0.15) is 0 Å². The Morgan fingerprint density at radius 2 is 1.89 bits per heavy atom. The second kappa shape index (κ2) is 10.2. The van der Waals surface area contributed by atoms with Gasteiger partial charge >= 0.3 is 5.97 Å². The number of aliphatic carboxylic acids is 1. The van der Waals surface area contributed by atoms with E-state index < -0.39 is 36.1 Å². The summed E-state index contributed by atoms with van der Waals surface area (Å²) in [4.78, 5) is 10.4. The van der Waals surface area contributed by atoms with Crippen molar-refractivity contribution in [3.05, 3.63) is 58.6 Å². The van der Waals surface area contributed by atoms with E-state index in [1.54, 1.807) is 24.3 Å². The first kappa shape index (κ1) is 21.9. The number of ether oxygens (including phenoxy) is 1. The van der Waals surface area contributed by atoms with Gasteiger partial charge in [-0.3, -0.25) is 0 Å². The third kappa shape index (κ3) is 6.63. The van der Waals surface area contributed by atoms with Crippen LogP contribution in [0.1, 0.15) is 18.6 Å². The van der Waals surface area contributed by atoms with E-state index in [-0.39, 0.29) is 18.3 Å². The van der Waals surface area contributed by atoms with Gasteiger partial charge in [0.15, 0.2) is 24.0 Å². The van der Waals surface area contributed by atoms with Gasteiger partial charge in [0, 0.05) is 42.0 Å². The summed E-state index contributed by atoms with van der Waals surface area (Å²) in [5.74, 6) is -4.06. The zero-order valence-corrected chi connectivity index (χ0v) is 15.8. The number of carboxylic acid groups (broad SMARTS) is 1. The van der Waals surface area contributed by atoms with E-state index >= 15 is 0 Å². The molecule has 0 heterocycles. The molecule has 0 aliphatic carbocycles. The van der Waals surface area contributed by atoms with Gasteiger partial charge in [0.2, 0.25) is 0 Å². The minimum Gasteiger partial charge on any atom is -0.479 e. The molecule has 0 saturated heterocycles. The lowest BCUT2D eigenvalue weighted by atomic mass is 10.1. The van der Waals surface area contributed by atoms with Crippen molar-refractivity contribution < 1.29 is 28.5 Å². The molecular weight excluding hydrogens is 394 g/mol. The van der Waals surface area contributed by atoms with E-state index in [0.29, 0.717) is 17.1 Å². The average molecular weight is 415 g/mol. The summed E-state index contributed by atoms with van der Waals surface area (Å²) in [7, 11) is 0. The maximum absolute atomic E-state index is 13.9. The molecule has 0 fully saturated rings. The normalized spacial score (nSPS) is 13.0. The largest absolute Gasteiger partial charge is 0.479 e. The van der Waals surface area contributed by atoms with Crippen LogP contribution in [0.25, 0.3) is 0 Å². The molecule has 0 radical (unpaired) electrons. The fourth-order valence-electron chi connectivity index (χ4n) is 2.42. The Hall–Kier alpha value is -2.42. The minimum absolute atomic E-state index is 0.122. The first-order chi connectivity index (χ1) is 13.3.